The molecule has 2 aliphatic rings. The number of carbonyl (C=O) groups excluding carboxylic acids is 2. The maximum atomic E-state index is 12.5. The predicted octanol–water partition coefficient (Wildman–Crippen LogP) is 0.335. The zero-order valence-corrected chi connectivity index (χ0v) is 13.9. The number of fused-ring (bicyclic) bond motifs is 1. The monoisotopic (exact) mass is 334 g/mol. The maximum absolute atomic E-state index is 12.5. The van der Waals surface area contributed by atoms with E-state index < -0.39 is 0 Å². The van der Waals surface area contributed by atoms with E-state index in [4.69, 9.17) is 9.47 Å². The minimum atomic E-state index is -0.170. The van der Waals surface area contributed by atoms with Crippen molar-refractivity contribution < 1.29 is 19.1 Å². The summed E-state index contributed by atoms with van der Waals surface area (Å²) in [6.07, 6.45) is 0. The highest BCUT2D eigenvalue weighted by molar-refractivity contribution is 5.96. The van der Waals surface area contributed by atoms with Crippen molar-refractivity contribution in [2.24, 2.45) is 0 Å². The first-order chi connectivity index (χ1) is 11.5. The molecule has 1 aromatic rings. The highest BCUT2D eigenvalue weighted by Gasteiger charge is 2.31. The van der Waals surface area contributed by atoms with Gasteiger partial charge in [-0.2, -0.15) is 0 Å². The summed E-state index contributed by atoms with van der Waals surface area (Å²) in [6, 6.07) is 5.24. The van der Waals surface area contributed by atoms with Crippen LogP contribution in [0.5, 0.6) is 11.5 Å². The van der Waals surface area contributed by atoms with E-state index in [0.717, 1.165) is 12.2 Å². The van der Waals surface area contributed by atoms with Crippen molar-refractivity contribution in [3.8, 4) is 11.5 Å². The Labute approximate surface area is 140 Å². The molecule has 1 aromatic carbocycles. The van der Waals surface area contributed by atoms with Crippen molar-refractivity contribution in [1.82, 2.24) is 15.1 Å². The minimum Gasteiger partial charge on any atom is -0.454 e. The van der Waals surface area contributed by atoms with Crippen LogP contribution in [-0.2, 0) is 4.79 Å². The number of hydrogen-bond donors (Lipinski definition) is 1. The lowest BCUT2D eigenvalue weighted by Gasteiger charge is -2.19. The van der Waals surface area contributed by atoms with Crippen LogP contribution in [0.2, 0.25) is 0 Å². The highest BCUT2D eigenvalue weighted by atomic mass is 16.7. The molecule has 2 heterocycles. The summed E-state index contributed by atoms with van der Waals surface area (Å²) < 4.78 is 10.6. The molecule has 0 spiro atoms. The molecule has 2 aliphatic heterocycles. The Bertz CT molecular complexity index is 635. The SMILES string of the molecule is CN(C)CCNC(=O)CN1CCN(c2ccc3c(c2)OCO3)C1=O. The number of nitrogens with one attached hydrogen (secondary N) is 1. The molecule has 0 saturated carbocycles. The molecule has 3 amide bonds. The smallest absolute Gasteiger partial charge is 0.325 e. The van der Waals surface area contributed by atoms with Gasteiger partial charge in [-0.05, 0) is 26.2 Å². The molecule has 0 aromatic heterocycles. The van der Waals surface area contributed by atoms with Gasteiger partial charge in [-0.1, -0.05) is 0 Å². The molecule has 8 nitrogen and oxygen atoms in total. The Morgan fingerprint density at radius 2 is 2.04 bits per heavy atom. The summed E-state index contributed by atoms with van der Waals surface area (Å²) in [5, 5.41) is 2.82. The Hall–Kier alpha value is -2.48. The maximum Gasteiger partial charge on any atom is 0.325 e. The van der Waals surface area contributed by atoms with Crippen molar-refractivity contribution in [3.63, 3.8) is 0 Å². The molecule has 8 heteroatoms. The van der Waals surface area contributed by atoms with E-state index in [1.54, 1.807) is 21.9 Å². The quantitative estimate of drug-likeness (QED) is 0.812. The first kappa shape index (κ1) is 16.4. The van der Waals surface area contributed by atoms with Crippen LogP contribution >= 0.6 is 0 Å². The molecule has 0 atom stereocenters. The summed E-state index contributed by atoms with van der Waals surface area (Å²) >= 11 is 0. The molecular formula is C16H22N4O4. The molecule has 130 valence electrons. The third kappa shape index (κ3) is 3.53. The molecule has 0 aliphatic carbocycles. The van der Waals surface area contributed by atoms with Crippen molar-refractivity contribution in [2.45, 2.75) is 0 Å². The Balaban J connectivity index is 1.56. The minimum absolute atomic E-state index is 0.0767. The Morgan fingerprint density at radius 3 is 2.83 bits per heavy atom. The van der Waals surface area contributed by atoms with Gasteiger partial charge in [-0.15, -0.1) is 0 Å². The molecule has 1 saturated heterocycles. The fourth-order valence-corrected chi connectivity index (χ4v) is 2.67. The molecule has 24 heavy (non-hydrogen) atoms. The van der Waals surface area contributed by atoms with Crippen LogP contribution < -0.4 is 19.7 Å². The first-order valence-corrected chi connectivity index (χ1v) is 7.92. The molecular weight excluding hydrogens is 312 g/mol. The third-order valence-electron chi connectivity index (χ3n) is 3.98. The van der Waals surface area contributed by atoms with Crippen LogP contribution in [0.25, 0.3) is 0 Å². The normalized spacial score (nSPS) is 16.2. The van der Waals surface area contributed by atoms with E-state index in [1.807, 2.05) is 25.1 Å². The number of carbonyl (C=O) groups is 2. The zero-order chi connectivity index (χ0) is 17.1. The van der Waals surface area contributed by atoms with Crippen molar-refractivity contribution in [3.05, 3.63) is 18.2 Å². The van der Waals surface area contributed by atoms with Gasteiger partial charge in [0.15, 0.2) is 11.5 Å². The lowest BCUT2D eigenvalue weighted by Crippen LogP contribution is -2.41. The zero-order valence-electron chi connectivity index (χ0n) is 13.9. The number of amides is 3. The largest absolute Gasteiger partial charge is 0.454 e. The summed E-state index contributed by atoms with van der Waals surface area (Å²) in [7, 11) is 3.89. The average Bonchev–Trinajstić information content (AvgIpc) is 3.13. The van der Waals surface area contributed by atoms with E-state index in [9.17, 15) is 9.59 Å². The van der Waals surface area contributed by atoms with Gasteiger partial charge in [0.25, 0.3) is 0 Å². The van der Waals surface area contributed by atoms with Crippen LogP contribution in [0.3, 0.4) is 0 Å². The van der Waals surface area contributed by atoms with Crippen LogP contribution in [0.4, 0.5) is 10.5 Å². The van der Waals surface area contributed by atoms with Gasteiger partial charge in [-0.25, -0.2) is 4.79 Å². The van der Waals surface area contributed by atoms with Gasteiger partial charge in [0.1, 0.15) is 6.54 Å². The number of ether oxygens (including phenoxy) is 2. The number of hydrogen-bond acceptors (Lipinski definition) is 5. The third-order valence-corrected chi connectivity index (χ3v) is 3.98. The Kier molecular flexibility index (Phi) is 4.75. The molecule has 3 rings (SSSR count). The van der Waals surface area contributed by atoms with E-state index in [-0.39, 0.29) is 25.3 Å². The number of urea groups is 1. The predicted molar refractivity (Wildman–Crippen MR) is 88.4 cm³/mol. The van der Waals surface area contributed by atoms with E-state index in [2.05, 4.69) is 5.32 Å². The number of benzene rings is 1. The van der Waals surface area contributed by atoms with E-state index >= 15 is 0 Å². The molecule has 1 N–H and O–H groups in total. The molecule has 0 unspecified atom stereocenters. The summed E-state index contributed by atoms with van der Waals surface area (Å²) in [5.74, 6) is 1.18. The Morgan fingerprint density at radius 1 is 1.25 bits per heavy atom. The van der Waals surface area contributed by atoms with E-state index in [1.165, 1.54) is 0 Å². The number of anilines is 1. The van der Waals surface area contributed by atoms with Gasteiger partial charge < -0.3 is 24.6 Å². The van der Waals surface area contributed by atoms with Crippen molar-refractivity contribution in [2.75, 3.05) is 58.5 Å². The van der Waals surface area contributed by atoms with Crippen LogP contribution in [0.15, 0.2) is 18.2 Å². The lowest BCUT2D eigenvalue weighted by molar-refractivity contribution is -0.121. The number of nitrogens with zero attached hydrogens (tertiary/aromatic N) is 3. The van der Waals surface area contributed by atoms with Crippen LogP contribution in [0.1, 0.15) is 0 Å². The van der Waals surface area contributed by atoms with Crippen molar-refractivity contribution in [1.29, 1.82) is 0 Å². The average molecular weight is 334 g/mol. The van der Waals surface area contributed by atoms with Gasteiger partial charge in [0.2, 0.25) is 12.7 Å². The summed E-state index contributed by atoms with van der Waals surface area (Å²) in [6.45, 7) is 2.68. The van der Waals surface area contributed by atoms with Gasteiger partial charge in [0.05, 0.1) is 0 Å². The van der Waals surface area contributed by atoms with Gasteiger partial charge in [-0.3, -0.25) is 9.69 Å². The van der Waals surface area contributed by atoms with Gasteiger partial charge >= 0.3 is 6.03 Å². The van der Waals surface area contributed by atoms with E-state index in [0.29, 0.717) is 31.1 Å². The standard InChI is InChI=1S/C16H22N4O4/c1-18(2)6-5-17-15(21)10-19-7-8-20(16(19)22)12-3-4-13-14(9-12)24-11-23-13/h3-4,9H,5-8,10-11H2,1-2H3,(H,17,21). The fourth-order valence-electron chi connectivity index (χ4n) is 2.67. The van der Waals surface area contributed by atoms with Crippen LogP contribution in [0, 0.1) is 0 Å². The topological polar surface area (TPSA) is 74.4 Å². The molecule has 1 fully saturated rings. The van der Waals surface area contributed by atoms with Gasteiger partial charge in [0, 0.05) is 37.9 Å². The first-order valence-electron chi connectivity index (χ1n) is 7.92. The number of rotatable bonds is 6. The molecule has 0 radical (unpaired) electrons. The summed E-state index contributed by atoms with van der Waals surface area (Å²) in [5.41, 5.74) is 0.750. The van der Waals surface area contributed by atoms with Crippen LogP contribution in [-0.4, -0.2) is 75.4 Å². The lowest BCUT2D eigenvalue weighted by atomic mass is 10.2. The van der Waals surface area contributed by atoms with Crippen molar-refractivity contribution >= 4 is 17.6 Å². The highest BCUT2D eigenvalue weighted by Crippen LogP contribution is 2.36. The second-order valence-electron chi connectivity index (χ2n) is 6.05. The number of likely N-dealkylation sites (N-methyl/N-ethyl adjacent to an activating group) is 1. The molecule has 0 bridgehead atoms. The second-order valence-corrected chi connectivity index (χ2v) is 6.05. The second kappa shape index (κ2) is 6.96. The fraction of sp³-hybridized carbons (Fsp3) is 0.500. The summed E-state index contributed by atoms with van der Waals surface area (Å²) in [4.78, 5) is 29.6.